The van der Waals surface area contributed by atoms with E-state index in [1.54, 1.807) is 4.90 Å². The first kappa shape index (κ1) is 18.4. The van der Waals surface area contributed by atoms with E-state index in [0.717, 1.165) is 45.8 Å². The number of ether oxygens (including phenoxy) is 1. The quantitative estimate of drug-likeness (QED) is 0.684. The molecular formula is C16H33N3O2. The lowest BCUT2D eigenvalue weighted by atomic mass is 9.90. The number of carbonyl (C=O) groups excluding carboxylic acids is 1. The summed E-state index contributed by atoms with van der Waals surface area (Å²) in [4.78, 5) is 16.2. The fraction of sp³-hybridized carbons (Fsp3) is 0.938. The summed E-state index contributed by atoms with van der Waals surface area (Å²) in [6.45, 7) is 13.9. The number of hydrogen-bond donors (Lipinski definition) is 1. The predicted molar refractivity (Wildman–Crippen MR) is 86.5 cm³/mol. The highest BCUT2D eigenvalue weighted by Gasteiger charge is 2.15. The molecule has 0 saturated carbocycles. The van der Waals surface area contributed by atoms with Crippen LogP contribution in [0.4, 0.5) is 0 Å². The number of rotatable bonds is 8. The molecule has 5 heteroatoms. The van der Waals surface area contributed by atoms with Crippen molar-refractivity contribution in [1.82, 2.24) is 15.1 Å². The molecule has 0 unspecified atom stereocenters. The average molecular weight is 299 g/mol. The zero-order valence-electron chi connectivity index (χ0n) is 14.3. The highest BCUT2D eigenvalue weighted by molar-refractivity contribution is 5.75. The van der Waals surface area contributed by atoms with Gasteiger partial charge in [-0.25, -0.2) is 0 Å². The van der Waals surface area contributed by atoms with Crippen LogP contribution in [0, 0.1) is 5.41 Å². The molecule has 0 aromatic heterocycles. The lowest BCUT2D eigenvalue weighted by Gasteiger charge is -2.27. The van der Waals surface area contributed by atoms with Gasteiger partial charge >= 0.3 is 0 Å². The zero-order chi connectivity index (χ0) is 15.7. The third kappa shape index (κ3) is 9.06. The second-order valence-corrected chi connectivity index (χ2v) is 7.08. The zero-order valence-corrected chi connectivity index (χ0v) is 14.3. The molecule has 0 aliphatic carbocycles. The third-order valence-electron chi connectivity index (χ3n) is 3.85. The van der Waals surface area contributed by atoms with E-state index in [2.05, 4.69) is 31.0 Å². The molecule has 1 fully saturated rings. The molecule has 0 aromatic rings. The molecule has 0 bridgehead atoms. The Morgan fingerprint density at radius 1 is 1.24 bits per heavy atom. The van der Waals surface area contributed by atoms with Gasteiger partial charge in [-0.3, -0.25) is 9.69 Å². The van der Waals surface area contributed by atoms with Crippen LogP contribution in [0.2, 0.25) is 0 Å². The SMILES string of the molecule is CN(CCOCCN1CCNCC1)C(=O)CCC(C)(C)C. The number of carbonyl (C=O) groups is 1. The molecule has 21 heavy (non-hydrogen) atoms. The topological polar surface area (TPSA) is 44.8 Å². The van der Waals surface area contributed by atoms with E-state index in [0.29, 0.717) is 19.6 Å². The second kappa shape index (κ2) is 9.38. The van der Waals surface area contributed by atoms with Gasteiger partial charge in [0, 0.05) is 52.7 Å². The van der Waals surface area contributed by atoms with E-state index >= 15 is 0 Å². The second-order valence-electron chi connectivity index (χ2n) is 7.08. The van der Waals surface area contributed by atoms with Crippen LogP contribution >= 0.6 is 0 Å². The van der Waals surface area contributed by atoms with Gasteiger partial charge in [-0.05, 0) is 11.8 Å². The van der Waals surface area contributed by atoms with Crippen LogP contribution in [0.25, 0.3) is 0 Å². The summed E-state index contributed by atoms with van der Waals surface area (Å²) in [7, 11) is 1.87. The third-order valence-corrected chi connectivity index (χ3v) is 3.85. The molecule has 0 aromatic carbocycles. The smallest absolute Gasteiger partial charge is 0.222 e. The molecule has 124 valence electrons. The summed E-state index contributed by atoms with van der Waals surface area (Å²) in [6.07, 6.45) is 1.56. The van der Waals surface area contributed by atoms with Gasteiger partial charge in [-0.1, -0.05) is 20.8 Å². The van der Waals surface area contributed by atoms with Gasteiger partial charge < -0.3 is 15.0 Å². The predicted octanol–water partition coefficient (Wildman–Crippen LogP) is 1.19. The van der Waals surface area contributed by atoms with Gasteiger partial charge in [-0.15, -0.1) is 0 Å². The van der Waals surface area contributed by atoms with Gasteiger partial charge in [0.25, 0.3) is 0 Å². The van der Waals surface area contributed by atoms with E-state index in [4.69, 9.17) is 4.74 Å². The summed E-state index contributed by atoms with van der Waals surface area (Å²) in [5.41, 5.74) is 0.219. The van der Waals surface area contributed by atoms with Gasteiger partial charge in [0.05, 0.1) is 13.2 Å². The lowest BCUT2D eigenvalue weighted by molar-refractivity contribution is -0.131. The van der Waals surface area contributed by atoms with E-state index in [1.807, 2.05) is 7.05 Å². The summed E-state index contributed by atoms with van der Waals surface area (Å²) in [5.74, 6) is 0.218. The number of nitrogens with one attached hydrogen (secondary N) is 1. The van der Waals surface area contributed by atoms with Crippen molar-refractivity contribution >= 4 is 5.91 Å². The standard InChI is InChI=1S/C16H33N3O2/c1-16(2,3)6-5-15(20)18(4)11-13-21-14-12-19-9-7-17-8-10-19/h17H,5-14H2,1-4H3. The van der Waals surface area contributed by atoms with Crippen molar-refractivity contribution < 1.29 is 9.53 Å². The highest BCUT2D eigenvalue weighted by atomic mass is 16.5. The summed E-state index contributed by atoms with van der Waals surface area (Å²) in [6, 6.07) is 0. The van der Waals surface area contributed by atoms with Crippen molar-refractivity contribution in [3.8, 4) is 0 Å². The van der Waals surface area contributed by atoms with Crippen LogP contribution < -0.4 is 5.32 Å². The maximum atomic E-state index is 12.0. The molecule has 1 N–H and O–H groups in total. The maximum Gasteiger partial charge on any atom is 0.222 e. The molecule has 0 atom stereocenters. The molecule has 1 heterocycles. The number of hydrogen-bond acceptors (Lipinski definition) is 4. The normalized spacial score (nSPS) is 17.0. The highest BCUT2D eigenvalue weighted by Crippen LogP contribution is 2.20. The van der Waals surface area contributed by atoms with Crippen molar-refractivity contribution in [3.05, 3.63) is 0 Å². The lowest BCUT2D eigenvalue weighted by Crippen LogP contribution is -2.44. The van der Waals surface area contributed by atoms with E-state index in [1.165, 1.54) is 0 Å². The molecule has 1 amide bonds. The van der Waals surface area contributed by atoms with Crippen LogP contribution in [0.15, 0.2) is 0 Å². The van der Waals surface area contributed by atoms with Gasteiger partial charge in [0.2, 0.25) is 5.91 Å². The fourth-order valence-corrected chi connectivity index (χ4v) is 2.23. The molecule has 5 nitrogen and oxygen atoms in total. The van der Waals surface area contributed by atoms with E-state index in [-0.39, 0.29) is 11.3 Å². The van der Waals surface area contributed by atoms with Crippen molar-refractivity contribution in [1.29, 1.82) is 0 Å². The Hall–Kier alpha value is -0.650. The van der Waals surface area contributed by atoms with Crippen LogP contribution in [0.1, 0.15) is 33.6 Å². The number of nitrogens with zero attached hydrogens (tertiary/aromatic N) is 2. The minimum atomic E-state index is 0.218. The van der Waals surface area contributed by atoms with Crippen molar-refractivity contribution in [2.75, 3.05) is 59.5 Å². The number of piperazine rings is 1. The minimum Gasteiger partial charge on any atom is -0.378 e. The molecule has 0 radical (unpaired) electrons. The van der Waals surface area contributed by atoms with Crippen LogP contribution in [0.3, 0.4) is 0 Å². The molecule has 0 spiro atoms. The van der Waals surface area contributed by atoms with Gasteiger partial charge in [0.15, 0.2) is 0 Å². The van der Waals surface area contributed by atoms with Crippen LogP contribution in [-0.2, 0) is 9.53 Å². The van der Waals surface area contributed by atoms with Gasteiger partial charge in [0.1, 0.15) is 0 Å². The Kier molecular flexibility index (Phi) is 8.22. The fourth-order valence-electron chi connectivity index (χ4n) is 2.23. The molecule has 1 aliphatic rings. The molecule has 1 saturated heterocycles. The summed E-state index contributed by atoms with van der Waals surface area (Å²) in [5, 5.41) is 3.34. The van der Waals surface area contributed by atoms with Crippen LogP contribution in [-0.4, -0.2) is 75.2 Å². The molecule has 1 rings (SSSR count). The molecular weight excluding hydrogens is 266 g/mol. The largest absolute Gasteiger partial charge is 0.378 e. The first-order chi connectivity index (χ1) is 9.88. The summed E-state index contributed by atoms with van der Waals surface area (Å²) < 4.78 is 5.65. The first-order valence-corrected chi connectivity index (χ1v) is 8.13. The van der Waals surface area contributed by atoms with Gasteiger partial charge in [-0.2, -0.15) is 0 Å². The average Bonchev–Trinajstić information content (AvgIpc) is 2.44. The Morgan fingerprint density at radius 3 is 2.52 bits per heavy atom. The van der Waals surface area contributed by atoms with Crippen molar-refractivity contribution in [2.45, 2.75) is 33.6 Å². The number of amides is 1. The molecule has 1 aliphatic heterocycles. The first-order valence-electron chi connectivity index (χ1n) is 8.13. The van der Waals surface area contributed by atoms with Crippen LogP contribution in [0.5, 0.6) is 0 Å². The van der Waals surface area contributed by atoms with Crippen molar-refractivity contribution in [2.24, 2.45) is 5.41 Å². The van der Waals surface area contributed by atoms with E-state index in [9.17, 15) is 4.79 Å². The van der Waals surface area contributed by atoms with Crippen molar-refractivity contribution in [3.63, 3.8) is 0 Å². The summed E-state index contributed by atoms with van der Waals surface area (Å²) >= 11 is 0. The maximum absolute atomic E-state index is 12.0. The Balaban J connectivity index is 2.01. The van der Waals surface area contributed by atoms with E-state index < -0.39 is 0 Å². The Labute approximate surface area is 130 Å². The Bertz CT molecular complexity index is 296. The Morgan fingerprint density at radius 2 is 1.90 bits per heavy atom. The number of likely N-dealkylation sites (N-methyl/N-ethyl adjacent to an activating group) is 1. The monoisotopic (exact) mass is 299 g/mol. The minimum absolute atomic E-state index is 0.218.